The predicted octanol–water partition coefficient (Wildman–Crippen LogP) is 3.21. The zero-order valence-corrected chi connectivity index (χ0v) is 16.4. The van der Waals surface area contributed by atoms with Gasteiger partial charge in [-0.25, -0.2) is 0 Å². The van der Waals surface area contributed by atoms with Crippen molar-refractivity contribution in [1.82, 2.24) is 4.98 Å². The van der Waals surface area contributed by atoms with Crippen molar-refractivity contribution in [2.45, 2.75) is 20.3 Å². The lowest BCUT2D eigenvalue weighted by atomic mass is 10.1. The van der Waals surface area contributed by atoms with Gasteiger partial charge in [0.25, 0.3) is 5.91 Å². The van der Waals surface area contributed by atoms with Gasteiger partial charge in [-0.3, -0.25) is 4.79 Å². The predicted molar refractivity (Wildman–Crippen MR) is 117 cm³/mol. The molecule has 1 amide bonds. The van der Waals surface area contributed by atoms with Crippen LogP contribution < -0.4 is 21.5 Å². The van der Waals surface area contributed by atoms with Crippen LogP contribution in [0.15, 0.2) is 58.7 Å². The van der Waals surface area contributed by atoms with Gasteiger partial charge in [0, 0.05) is 22.7 Å². The third-order valence-electron chi connectivity index (χ3n) is 4.19. The summed E-state index contributed by atoms with van der Waals surface area (Å²) < 4.78 is 5.64. The number of hydrogen-bond acceptors (Lipinski definition) is 4. The minimum absolute atomic E-state index is 0.101. The number of ether oxygens (including phenoxy) is 1. The van der Waals surface area contributed by atoms with E-state index in [4.69, 9.17) is 16.2 Å². The molecule has 3 rings (SSSR count). The Kier molecular flexibility index (Phi) is 6.13. The highest BCUT2D eigenvalue weighted by Crippen LogP contribution is 2.22. The first-order valence-corrected chi connectivity index (χ1v) is 9.27. The van der Waals surface area contributed by atoms with Crippen molar-refractivity contribution in [2.24, 2.45) is 21.7 Å². The number of nitrogens with zero attached hydrogens (tertiary/aromatic N) is 2. The van der Waals surface area contributed by atoms with E-state index in [0.29, 0.717) is 23.7 Å². The zero-order valence-electron chi connectivity index (χ0n) is 16.4. The zero-order chi connectivity index (χ0) is 20.8. The van der Waals surface area contributed by atoms with E-state index in [1.54, 1.807) is 19.1 Å². The second-order valence-electron chi connectivity index (χ2n) is 6.52. The second-order valence-corrected chi connectivity index (χ2v) is 6.52. The molecule has 150 valence electrons. The molecule has 1 aromatic heterocycles. The molecule has 0 unspecified atom stereocenters. The van der Waals surface area contributed by atoms with Crippen LogP contribution in [0.2, 0.25) is 0 Å². The van der Waals surface area contributed by atoms with Crippen LogP contribution in [0.25, 0.3) is 10.9 Å². The van der Waals surface area contributed by atoms with E-state index in [1.807, 2.05) is 36.4 Å². The molecule has 0 saturated heterocycles. The average molecular weight is 392 g/mol. The highest BCUT2D eigenvalue weighted by atomic mass is 16.5. The molecule has 2 aromatic carbocycles. The van der Waals surface area contributed by atoms with Crippen LogP contribution in [-0.2, 0) is 0 Å². The molecule has 0 aliphatic heterocycles. The van der Waals surface area contributed by atoms with Gasteiger partial charge < -0.3 is 26.5 Å². The molecule has 6 N–H and O–H groups in total. The van der Waals surface area contributed by atoms with Gasteiger partial charge in [-0.2, -0.15) is 5.10 Å². The van der Waals surface area contributed by atoms with Gasteiger partial charge in [-0.1, -0.05) is 19.1 Å². The van der Waals surface area contributed by atoms with Crippen molar-refractivity contribution >= 4 is 34.2 Å². The molecule has 0 saturated carbocycles. The molecule has 3 aromatic rings. The monoisotopic (exact) mass is 392 g/mol. The second kappa shape index (κ2) is 8.92. The molecule has 0 aliphatic carbocycles. The molecule has 8 nitrogen and oxygen atoms in total. The van der Waals surface area contributed by atoms with Gasteiger partial charge in [-0.15, -0.1) is 5.10 Å². The Labute approximate surface area is 168 Å². The van der Waals surface area contributed by atoms with Crippen LogP contribution in [-0.4, -0.2) is 29.2 Å². The lowest BCUT2D eigenvalue weighted by Crippen LogP contribution is -2.22. The Morgan fingerprint density at radius 2 is 1.86 bits per heavy atom. The van der Waals surface area contributed by atoms with E-state index in [1.165, 1.54) is 0 Å². The number of fused-ring (bicyclic) bond motifs is 1. The van der Waals surface area contributed by atoms with E-state index in [-0.39, 0.29) is 11.9 Å². The van der Waals surface area contributed by atoms with Crippen molar-refractivity contribution in [1.29, 1.82) is 0 Å². The fraction of sp³-hybridized carbons (Fsp3) is 0.190. The quantitative estimate of drug-likeness (QED) is 0.279. The first-order chi connectivity index (χ1) is 14.0. The molecule has 0 atom stereocenters. The van der Waals surface area contributed by atoms with Gasteiger partial charge in [0.05, 0.1) is 12.3 Å². The summed E-state index contributed by atoms with van der Waals surface area (Å²) in [6, 6.07) is 14.8. The van der Waals surface area contributed by atoms with Crippen LogP contribution in [0.1, 0.15) is 36.3 Å². The minimum Gasteiger partial charge on any atom is -0.494 e. The maximum Gasteiger partial charge on any atom is 0.272 e. The first kappa shape index (κ1) is 19.9. The molecule has 0 spiro atoms. The Balaban J connectivity index is 1.71. The molecule has 29 heavy (non-hydrogen) atoms. The number of H-pyrrole nitrogens is 1. The van der Waals surface area contributed by atoms with Crippen LogP contribution in [0, 0.1) is 0 Å². The van der Waals surface area contributed by atoms with E-state index >= 15 is 0 Å². The van der Waals surface area contributed by atoms with E-state index in [9.17, 15) is 4.79 Å². The number of nitrogens with one attached hydrogen (secondary N) is 2. The third kappa shape index (κ3) is 5.13. The summed E-state index contributed by atoms with van der Waals surface area (Å²) in [4.78, 5) is 15.7. The number of benzene rings is 2. The molecule has 8 heteroatoms. The Hall–Kier alpha value is -3.81. The fourth-order valence-corrected chi connectivity index (χ4v) is 2.72. The van der Waals surface area contributed by atoms with Gasteiger partial charge in [0.2, 0.25) is 5.96 Å². The molecule has 0 aliphatic rings. The van der Waals surface area contributed by atoms with Gasteiger partial charge in [0.1, 0.15) is 11.4 Å². The lowest BCUT2D eigenvalue weighted by Gasteiger charge is -2.05. The van der Waals surface area contributed by atoms with Gasteiger partial charge >= 0.3 is 0 Å². The summed E-state index contributed by atoms with van der Waals surface area (Å²) in [5.74, 6) is 0.452. The van der Waals surface area contributed by atoms with Crippen LogP contribution in [0.4, 0.5) is 5.69 Å². The highest BCUT2D eigenvalue weighted by Gasteiger charge is 2.11. The molecule has 0 radical (unpaired) electrons. The van der Waals surface area contributed by atoms with Gasteiger partial charge in [-0.05, 0) is 49.2 Å². The summed E-state index contributed by atoms with van der Waals surface area (Å²) in [6.07, 6.45) is 0.939. The lowest BCUT2D eigenvalue weighted by molar-refractivity contribution is 0.102. The highest BCUT2D eigenvalue weighted by molar-refractivity contribution is 6.06. The molecular formula is C21H24N6O2. The number of hydrogen-bond donors (Lipinski definition) is 4. The first-order valence-electron chi connectivity index (χ1n) is 9.27. The summed E-state index contributed by atoms with van der Waals surface area (Å²) in [7, 11) is 0. The van der Waals surface area contributed by atoms with Crippen LogP contribution >= 0.6 is 0 Å². The maximum atomic E-state index is 12.6. The number of anilines is 1. The van der Waals surface area contributed by atoms with E-state index < -0.39 is 0 Å². The number of guanidine groups is 1. The topological polar surface area (TPSA) is 131 Å². The number of rotatable bonds is 7. The average Bonchev–Trinajstić information content (AvgIpc) is 3.14. The normalized spacial score (nSPS) is 11.3. The number of amides is 1. The summed E-state index contributed by atoms with van der Waals surface area (Å²) in [6.45, 7) is 4.51. The number of aromatic amines is 1. The molecule has 1 heterocycles. The fourth-order valence-electron chi connectivity index (χ4n) is 2.72. The SMILES string of the molecule is CCCOc1ccc2cc(C(=O)Nc3ccc(/C(C)=N\N=C(N)N)cc3)[nH]c2c1. The minimum atomic E-state index is -0.226. The smallest absolute Gasteiger partial charge is 0.272 e. The number of nitrogens with two attached hydrogens (primary N) is 2. The summed E-state index contributed by atoms with van der Waals surface area (Å²) in [5.41, 5.74) is 14.0. The number of aromatic nitrogens is 1. The van der Waals surface area contributed by atoms with Crippen LogP contribution in [0.3, 0.4) is 0 Å². The number of carbonyl (C=O) groups is 1. The van der Waals surface area contributed by atoms with Crippen molar-refractivity contribution in [2.75, 3.05) is 11.9 Å². The van der Waals surface area contributed by atoms with Crippen molar-refractivity contribution in [3.8, 4) is 5.75 Å². The Morgan fingerprint density at radius 3 is 2.55 bits per heavy atom. The molecular weight excluding hydrogens is 368 g/mol. The molecule has 0 bridgehead atoms. The Bertz CT molecular complexity index is 1060. The van der Waals surface area contributed by atoms with Gasteiger partial charge in [0.15, 0.2) is 0 Å². The van der Waals surface area contributed by atoms with Crippen molar-refractivity contribution in [3.05, 3.63) is 59.8 Å². The number of carbonyl (C=O) groups excluding carboxylic acids is 1. The van der Waals surface area contributed by atoms with Crippen LogP contribution in [0.5, 0.6) is 5.75 Å². The third-order valence-corrected chi connectivity index (χ3v) is 4.19. The van der Waals surface area contributed by atoms with E-state index in [0.717, 1.165) is 28.6 Å². The van der Waals surface area contributed by atoms with Crippen molar-refractivity contribution in [3.63, 3.8) is 0 Å². The maximum absolute atomic E-state index is 12.6. The largest absolute Gasteiger partial charge is 0.494 e. The molecule has 0 fully saturated rings. The summed E-state index contributed by atoms with van der Waals surface area (Å²) >= 11 is 0. The van der Waals surface area contributed by atoms with Crippen molar-refractivity contribution < 1.29 is 9.53 Å². The summed E-state index contributed by atoms with van der Waals surface area (Å²) in [5, 5.41) is 11.4. The Morgan fingerprint density at radius 1 is 1.10 bits per heavy atom. The van der Waals surface area contributed by atoms with E-state index in [2.05, 4.69) is 27.4 Å². The standard InChI is InChI=1S/C21H24N6O2/c1-3-10-29-17-9-6-15-11-19(25-18(15)12-17)20(28)24-16-7-4-14(5-8-16)13(2)26-27-21(22)23/h4-9,11-12,25H,3,10H2,1-2H3,(H,24,28)(H4,22,23,27)/b26-13-.